The van der Waals surface area contributed by atoms with Gasteiger partial charge in [0.15, 0.2) is 0 Å². The van der Waals surface area contributed by atoms with E-state index in [0.717, 1.165) is 0 Å². The molecular formula is C20H20ClN3O3. The molecule has 0 aliphatic carbocycles. The number of amides is 1. The third-order valence-corrected chi connectivity index (χ3v) is 4.71. The molecule has 0 unspecified atom stereocenters. The van der Waals surface area contributed by atoms with Crippen molar-refractivity contribution in [3.8, 4) is 28.4 Å². The number of carbonyl (C=O) groups excluding carboxylic acids is 1. The highest BCUT2D eigenvalue weighted by atomic mass is 35.5. The van der Waals surface area contributed by atoms with Crippen molar-refractivity contribution in [1.29, 1.82) is 0 Å². The zero-order chi connectivity index (χ0) is 19.6. The number of aromatic nitrogens is 2. The lowest BCUT2D eigenvalue weighted by Crippen LogP contribution is -2.30. The molecule has 2 aromatic carbocycles. The molecule has 0 aliphatic rings. The van der Waals surface area contributed by atoms with E-state index in [2.05, 4.69) is 5.10 Å². The number of nitrogens with zero attached hydrogens (tertiary/aromatic N) is 3. The van der Waals surface area contributed by atoms with Crippen molar-refractivity contribution in [3.63, 3.8) is 0 Å². The number of hydrogen-bond acceptors (Lipinski definition) is 4. The van der Waals surface area contributed by atoms with Crippen molar-refractivity contribution < 1.29 is 15.0 Å². The van der Waals surface area contributed by atoms with E-state index < -0.39 is 0 Å². The van der Waals surface area contributed by atoms with Gasteiger partial charge in [0, 0.05) is 24.7 Å². The molecule has 0 spiro atoms. The largest absolute Gasteiger partial charge is 0.507 e. The first-order valence-corrected chi connectivity index (χ1v) is 9.00. The summed E-state index contributed by atoms with van der Waals surface area (Å²) in [6, 6.07) is 11.6. The number of halogens is 1. The molecule has 6 nitrogen and oxygen atoms in total. The number of rotatable bonds is 5. The quantitative estimate of drug-likeness (QED) is 0.693. The Hall–Kier alpha value is -2.99. The van der Waals surface area contributed by atoms with Gasteiger partial charge in [0.25, 0.3) is 5.91 Å². The summed E-state index contributed by atoms with van der Waals surface area (Å²) in [6.45, 7) is 4.77. The summed E-state index contributed by atoms with van der Waals surface area (Å²) in [6.07, 6.45) is 1.58. The number of hydrogen-bond donors (Lipinski definition) is 2. The highest BCUT2D eigenvalue weighted by Crippen LogP contribution is 2.37. The van der Waals surface area contributed by atoms with Gasteiger partial charge in [-0.25, -0.2) is 4.68 Å². The van der Waals surface area contributed by atoms with E-state index in [9.17, 15) is 15.0 Å². The maximum Gasteiger partial charge on any atom is 0.257 e. The Morgan fingerprint density at radius 3 is 2.48 bits per heavy atom. The fourth-order valence-electron chi connectivity index (χ4n) is 2.96. The predicted molar refractivity (Wildman–Crippen MR) is 105 cm³/mol. The average molecular weight is 386 g/mol. The minimum Gasteiger partial charge on any atom is -0.507 e. The van der Waals surface area contributed by atoms with Crippen LogP contribution >= 0.6 is 11.6 Å². The molecule has 0 bridgehead atoms. The minimum absolute atomic E-state index is 0.124. The Morgan fingerprint density at radius 2 is 1.81 bits per heavy atom. The monoisotopic (exact) mass is 385 g/mol. The summed E-state index contributed by atoms with van der Waals surface area (Å²) >= 11 is 6.28. The molecule has 0 aliphatic heterocycles. The first-order valence-electron chi connectivity index (χ1n) is 8.62. The Balaban J connectivity index is 2.15. The standard InChI is InChI=1S/C20H20ClN3O3/c1-3-23(4-2)20(27)14-11-13(18(25)12-19(14)26)16-9-10-22-24(16)17-8-6-5-7-15(17)21/h5-12,25-26H,3-4H2,1-2H3. The molecular weight excluding hydrogens is 366 g/mol. The highest BCUT2D eigenvalue weighted by Gasteiger charge is 2.21. The smallest absolute Gasteiger partial charge is 0.257 e. The second-order valence-corrected chi connectivity index (χ2v) is 6.35. The van der Waals surface area contributed by atoms with E-state index in [-0.39, 0.29) is 23.0 Å². The third-order valence-electron chi connectivity index (χ3n) is 4.39. The van der Waals surface area contributed by atoms with Crippen LogP contribution in [0.1, 0.15) is 24.2 Å². The van der Waals surface area contributed by atoms with Crippen molar-refractivity contribution in [3.05, 3.63) is 59.2 Å². The number of phenols is 2. The summed E-state index contributed by atoms with van der Waals surface area (Å²) in [5.41, 5.74) is 1.69. The molecule has 1 heterocycles. The van der Waals surface area contributed by atoms with Crippen LogP contribution in [0.2, 0.25) is 5.02 Å². The molecule has 2 N–H and O–H groups in total. The van der Waals surface area contributed by atoms with Gasteiger partial charge in [-0.15, -0.1) is 0 Å². The van der Waals surface area contributed by atoms with Crippen LogP contribution in [0.3, 0.4) is 0 Å². The molecule has 0 fully saturated rings. The van der Waals surface area contributed by atoms with Gasteiger partial charge in [0.2, 0.25) is 0 Å². The summed E-state index contributed by atoms with van der Waals surface area (Å²) < 4.78 is 1.58. The van der Waals surface area contributed by atoms with E-state index in [0.29, 0.717) is 35.1 Å². The van der Waals surface area contributed by atoms with E-state index >= 15 is 0 Å². The SMILES string of the molecule is CCN(CC)C(=O)c1cc(-c2ccnn2-c2ccccc2Cl)c(O)cc1O. The van der Waals surface area contributed by atoms with Gasteiger partial charge in [-0.1, -0.05) is 23.7 Å². The lowest BCUT2D eigenvalue weighted by Gasteiger charge is -2.20. The number of carbonyl (C=O) groups is 1. The summed E-state index contributed by atoms with van der Waals surface area (Å²) in [7, 11) is 0. The fraction of sp³-hybridized carbons (Fsp3) is 0.200. The molecule has 140 valence electrons. The Bertz CT molecular complexity index is 980. The lowest BCUT2D eigenvalue weighted by atomic mass is 10.0. The van der Waals surface area contributed by atoms with E-state index in [1.807, 2.05) is 26.0 Å². The number of para-hydroxylation sites is 1. The second-order valence-electron chi connectivity index (χ2n) is 5.94. The van der Waals surface area contributed by atoms with Crippen LogP contribution in [0.5, 0.6) is 11.5 Å². The zero-order valence-electron chi connectivity index (χ0n) is 15.1. The normalized spacial score (nSPS) is 10.8. The summed E-state index contributed by atoms with van der Waals surface area (Å²) in [5, 5.41) is 25.4. The molecule has 7 heteroatoms. The van der Waals surface area contributed by atoms with Crippen LogP contribution in [0.15, 0.2) is 48.7 Å². The zero-order valence-corrected chi connectivity index (χ0v) is 15.8. The molecule has 0 atom stereocenters. The van der Waals surface area contributed by atoms with Crippen molar-refractivity contribution >= 4 is 17.5 Å². The average Bonchev–Trinajstić information content (AvgIpc) is 3.12. The summed E-state index contributed by atoms with van der Waals surface area (Å²) in [4.78, 5) is 14.3. The lowest BCUT2D eigenvalue weighted by molar-refractivity contribution is 0.0770. The fourth-order valence-corrected chi connectivity index (χ4v) is 3.17. The van der Waals surface area contributed by atoms with Gasteiger partial charge in [-0.2, -0.15) is 5.10 Å². The number of benzene rings is 2. The first-order chi connectivity index (χ1) is 13.0. The molecule has 1 aromatic heterocycles. The van der Waals surface area contributed by atoms with E-state index in [4.69, 9.17) is 11.6 Å². The molecule has 0 radical (unpaired) electrons. The maximum atomic E-state index is 12.7. The highest BCUT2D eigenvalue weighted by molar-refractivity contribution is 6.32. The predicted octanol–water partition coefficient (Wildman–Crippen LogP) is 4.09. The van der Waals surface area contributed by atoms with Crippen LogP contribution in [0, 0.1) is 0 Å². The van der Waals surface area contributed by atoms with Gasteiger partial charge >= 0.3 is 0 Å². The summed E-state index contributed by atoms with van der Waals surface area (Å²) in [5.74, 6) is -0.725. The van der Waals surface area contributed by atoms with Crippen molar-refractivity contribution in [2.75, 3.05) is 13.1 Å². The maximum absolute atomic E-state index is 12.7. The van der Waals surface area contributed by atoms with E-state index in [1.54, 1.807) is 34.0 Å². The van der Waals surface area contributed by atoms with Gasteiger partial charge in [0.05, 0.1) is 28.2 Å². The van der Waals surface area contributed by atoms with Gasteiger partial charge in [0.1, 0.15) is 11.5 Å². The minimum atomic E-state index is -0.303. The van der Waals surface area contributed by atoms with Gasteiger partial charge < -0.3 is 15.1 Å². The molecule has 27 heavy (non-hydrogen) atoms. The third kappa shape index (κ3) is 3.48. The van der Waals surface area contributed by atoms with Gasteiger partial charge in [-0.05, 0) is 38.1 Å². The Kier molecular flexibility index (Phi) is 5.37. The van der Waals surface area contributed by atoms with Crippen LogP contribution in [0.4, 0.5) is 0 Å². The van der Waals surface area contributed by atoms with Crippen molar-refractivity contribution in [2.24, 2.45) is 0 Å². The second kappa shape index (κ2) is 7.72. The van der Waals surface area contributed by atoms with Crippen LogP contribution in [0.25, 0.3) is 16.9 Å². The first kappa shape index (κ1) is 18.8. The molecule has 3 rings (SSSR count). The van der Waals surface area contributed by atoms with E-state index in [1.165, 1.54) is 12.1 Å². The van der Waals surface area contributed by atoms with Crippen LogP contribution < -0.4 is 0 Å². The molecule has 3 aromatic rings. The topological polar surface area (TPSA) is 78.6 Å². The van der Waals surface area contributed by atoms with Crippen LogP contribution in [-0.4, -0.2) is 43.9 Å². The van der Waals surface area contributed by atoms with Gasteiger partial charge in [-0.3, -0.25) is 4.79 Å². The Labute approximate surface area is 162 Å². The molecule has 0 saturated heterocycles. The van der Waals surface area contributed by atoms with Crippen molar-refractivity contribution in [1.82, 2.24) is 14.7 Å². The molecule has 0 saturated carbocycles. The Morgan fingerprint density at radius 1 is 1.11 bits per heavy atom. The number of aromatic hydroxyl groups is 2. The number of phenolic OH excluding ortho intramolecular Hbond substituents is 2. The van der Waals surface area contributed by atoms with Crippen molar-refractivity contribution in [2.45, 2.75) is 13.8 Å². The molecule has 1 amide bonds. The van der Waals surface area contributed by atoms with Crippen LogP contribution in [-0.2, 0) is 0 Å².